The molecule has 31 heavy (non-hydrogen) atoms. The number of guanidine groups is 1. The van der Waals surface area contributed by atoms with Gasteiger partial charge >= 0.3 is 0 Å². The third kappa shape index (κ3) is 14.9. The van der Waals surface area contributed by atoms with Crippen molar-refractivity contribution >= 4 is 30.0 Å². The zero-order valence-corrected chi connectivity index (χ0v) is 18.7. The van der Waals surface area contributed by atoms with Crippen molar-refractivity contribution in [3.05, 3.63) is 0 Å². The topological polar surface area (TPSA) is 169 Å². The second kappa shape index (κ2) is 16.1. The molecule has 3 amide bonds. The van der Waals surface area contributed by atoms with Crippen LogP contribution in [0, 0.1) is 11.8 Å². The first-order valence-corrected chi connectivity index (χ1v) is 10.3. The van der Waals surface area contributed by atoms with Gasteiger partial charge < -0.3 is 32.2 Å². The number of hydrogen-bond acceptors (Lipinski definition) is 5. The van der Waals surface area contributed by atoms with Crippen LogP contribution in [0.5, 0.6) is 0 Å². The molecule has 0 unspecified atom stereocenters. The Morgan fingerprint density at radius 2 is 1.39 bits per heavy atom. The van der Waals surface area contributed by atoms with Crippen molar-refractivity contribution in [2.45, 2.75) is 85.9 Å². The van der Waals surface area contributed by atoms with Crippen molar-refractivity contribution in [1.29, 1.82) is 0 Å². The number of aliphatic imine (C=N–C) groups is 1. The van der Waals surface area contributed by atoms with Crippen LogP contribution in [0.1, 0.15) is 67.7 Å². The van der Waals surface area contributed by atoms with Crippen molar-refractivity contribution in [2.24, 2.45) is 28.3 Å². The Hall–Kier alpha value is -2.65. The van der Waals surface area contributed by atoms with E-state index in [0.29, 0.717) is 38.5 Å². The van der Waals surface area contributed by atoms with Crippen LogP contribution in [0.3, 0.4) is 0 Å². The van der Waals surface area contributed by atoms with E-state index in [9.17, 15) is 19.2 Å². The molecule has 7 N–H and O–H groups in total. The molecule has 0 aromatic carbocycles. The summed E-state index contributed by atoms with van der Waals surface area (Å²) in [5.74, 6) is -0.909. The number of amides is 3. The van der Waals surface area contributed by atoms with Crippen LogP contribution in [0.25, 0.3) is 0 Å². The SMILES string of the molecule is C.CC(=O)N[C@@H](CC(C)C)C(=O)N[C@@H](CC(C)C)C(=O)N[C@H](C=O)CCCN=C(N)N. The zero-order valence-electron chi connectivity index (χ0n) is 18.7. The van der Waals surface area contributed by atoms with E-state index in [2.05, 4.69) is 20.9 Å². The van der Waals surface area contributed by atoms with Crippen molar-refractivity contribution in [2.75, 3.05) is 6.54 Å². The van der Waals surface area contributed by atoms with E-state index in [1.54, 1.807) is 0 Å². The molecule has 0 spiro atoms. The van der Waals surface area contributed by atoms with Gasteiger partial charge in [0.2, 0.25) is 17.7 Å². The van der Waals surface area contributed by atoms with Crippen molar-refractivity contribution in [1.82, 2.24) is 16.0 Å². The molecular formula is C21H42N6O4. The molecule has 0 aromatic heterocycles. The Labute approximate surface area is 186 Å². The summed E-state index contributed by atoms with van der Waals surface area (Å²) in [7, 11) is 0. The van der Waals surface area contributed by atoms with E-state index in [1.165, 1.54) is 6.92 Å². The molecule has 0 saturated heterocycles. The third-order valence-electron chi connectivity index (χ3n) is 4.20. The lowest BCUT2D eigenvalue weighted by atomic mass is 9.99. The van der Waals surface area contributed by atoms with Crippen LogP contribution >= 0.6 is 0 Å². The van der Waals surface area contributed by atoms with Crippen LogP contribution in [-0.4, -0.2) is 54.6 Å². The average Bonchev–Trinajstić information content (AvgIpc) is 2.61. The number of nitrogens with zero attached hydrogens (tertiary/aromatic N) is 1. The van der Waals surface area contributed by atoms with E-state index in [1.807, 2.05) is 27.7 Å². The van der Waals surface area contributed by atoms with Gasteiger partial charge in [-0.1, -0.05) is 35.1 Å². The van der Waals surface area contributed by atoms with Gasteiger partial charge in [-0.05, 0) is 37.5 Å². The monoisotopic (exact) mass is 442 g/mol. The fourth-order valence-electron chi connectivity index (χ4n) is 2.90. The maximum atomic E-state index is 12.8. The van der Waals surface area contributed by atoms with Gasteiger partial charge in [0.05, 0.1) is 6.04 Å². The summed E-state index contributed by atoms with van der Waals surface area (Å²) in [6.07, 6.45) is 2.38. The summed E-state index contributed by atoms with van der Waals surface area (Å²) < 4.78 is 0. The van der Waals surface area contributed by atoms with Gasteiger partial charge in [-0.3, -0.25) is 19.4 Å². The fraction of sp³-hybridized carbons (Fsp3) is 0.762. The highest BCUT2D eigenvalue weighted by Crippen LogP contribution is 2.09. The van der Waals surface area contributed by atoms with E-state index >= 15 is 0 Å². The first-order chi connectivity index (χ1) is 14.0. The standard InChI is InChI=1S/C20H38N6O4.CH4/c1-12(2)9-16(24-14(5)28)19(30)26-17(10-13(3)4)18(29)25-15(11-27)7-6-8-23-20(21)22;/h11-13,15-17H,6-10H2,1-5H3,(H,24,28)(H,25,29)(H,26,30)(H4,21,22,23);1H4/t15-,16-,17-;/m0./s1. The highest BCUT2D eigenvalue weighted by Gasteiger charge is 2.28. The Bertz CT molecular complexity index is 603. The van der Waals surface area contributed by atoms with Crippen LogP contribution in [0.15, 0.2) is 4.99 Å². The van der Waals surface area contributed by atoms with Crippen LogP contribution in [0.4, 0.5) is 0 Å². The van der Waals surface area contributed by atoms with E-state index < -0.39 is 29.9 Å². The summed E-state index contributed by atoms with van der Waals surface area (Å²) >= 11 is 0. The molecule has 0 bridgehead atoms. The minimum absolute atomic E-state index is 0. The number of hydrogen-bond donors (Lipinski definition) is 5. The zero-order chi connectivity index (χ0) is 23.3. The largest absolute Gasteiger partial charge is 0.370 e. The van der Waals surface area contributed by atoms with Gasteiger partial charge in [0.15, 0.2) is 5.96 Å². The molecule has 3 atom stereocenters. The van der Waals surface area contributed by atoms with Crippen LogP contribution < -0.4 is 27.4 Å². The summed E-state index contributed by atoms with van der Waals surface area (Å²) in [6.45, 7) is 9.43. The Morgan fingerprint density at radius 3 is 1.81 bits per heavy atom. The molecular weight excluding hydrogens is 400 g/mol. The van der Waals surface area contributed by atoms with E-state index in [4.69, 9.17) is 11.5 Å². The minimum atomic E-state index is -0.818. The lowest BCUT2D eigenvalue weighted by Crippen LogP contribution is -2.55. The molecule has 10 nitrogen and oxygen atoms in total. The second-order valence-electron chi connectivity index (χ2n) is 8.27. The maximum absolute atomic E-state index is 12.8. The highest BCUT2D eigenvalue weighted by molar-refractivity contribution is 5.92. The van der Waals surface area contributed by atoms with E-state index in [-0.39, 0.29) is 31.1 Å². The highest BCUT2D eigenvalue weighted by atomic mass is 16.2. The predicted molar refractivity (Wildman–Crippen MR) is 123 cm³/mol. The molecule has 0 saturated carbocycles. The lowest BCUT2D eigenvalue weighted by Gasteiger charge is -2.25. The van der Waals surface area contributed by atoms with Crippen molar-refractivity contribution in [3.8, 4) is 0 Å². The summed E-state index contributed by atoms with van der Waals surface area (Å²) in [5, 5.41) is 8.03. The number of nitrogens with two attached hydrogens (primary N) is 2. The molecule has 0 aliphatic heterocycles. The number of nitrogens with one attached hydrogen (secondary N) is 3. The Kier molecular flexibility index (Phi) is 15.9. The third-order valence-corrected chi connectivity index (χ3v) is 4.20. The molecule has 0 fully saturated rings. The molecule has 10 heteroatoms. The van der Waals surface area contributed by atoms with Gasteiger partial charge in [0.25, 0.3) is 0 Å². The first kappa shape index (κ1) is 30.5. The summed E-state index contributed by atoms with van der Waals surface area (Å²) in [5.41, 5.74) is 10.5. The van der Waals surface area contributed by atoms with Gasteiger partial charge in [0.1, 0.15) is 18.4 Å². The molecule has 0 aliphatic carbocycles. The predicted octanol–water partition coefficient (Wildman–Crippen LogP) is 0.442. The summed E-state index contributed by atoms with van der Waals surface area (Å²) in [4.78, 5) is 52.1. The minimum Gasteiger partial charge on any atom is -0.370 e. The maximum Gasteiger partial charge on any atom is 0.243 e. The molecule has 0 radical (unpaired) electrons. The number of rotatable bonds is 14. The fourth-order valence-corrected chi connectivity index (χ4v) is 2.90. The molecule has 0 aromatic rings. The smallest absolute Gasteiger partial charge is 0.243 e. The Balaban J connectivity index is 0. The number of aldehydes is 1. The second-order valence-corrected chi connectivity index (χ2v) is 8.27. The van der Waals surface area contributed by atoms with E-state index in [0.717, 1.165) is 0 Å². The van der Waals surface area contributed by atoms with Crippen molar-refractivity contribution in [3.63, 3.8) is 0 Å². The molecule has 0 rings (SSSR count). The van der Waals surface area contributed by atoms with Crippen LogP contribution in [-0.2, 0) is 19.2 Å². The normalized spacial score (nSPS) is 13.4. The Morgan fingerprint density at radius 1 is 0.903 bits per heavy atom. The molecule has 180 valence electrons. The lowest BCUT2D eigenvalue weighted by molar-refractivity contribution is -0.133. The molecule has 0 heterocycles. The van der Waals surface area contributed by atoms with Gasteiger partial charge in [0, 0.05) is 13.5 Å². The number of carbonyl (C=O) groups excluding carboxylic acids is 4. The average molecular weight is 443 g/mol. The molecule has 0 aliphatic rings. The van der Waals surface area contributed by atoms with Crippen LogP contribution in [0.2, 0.25) is 0 Å². The number of carbonyl (C=O) groups is 4. The first-order valence-electron chi connectivity index (χ1n) is 10.3. The van der Waals surface area contributed by atoms with Gasteiger partial charge in [-0.25, -0.2) is 0 Å². The van der Waals surface area contributed by atoms with Crippen molar-refractivity contribution < 1.29 is 19.2 Å². The summed E-state index contributed by atoms with van der Waals surface area (Å²) in [6, 6.07) is -2.26. The quantitative estimate of drug-likeness (QED) is 0.113. The van der Waals surface area contributed by atoms with Gasteiger partial charge in [-0.2, -0.15) is 0 Å². The van der Waals surface area contributed by atoms with Gasteiger partial charge in [-0.15, -0.1) is 0 Å².